The van der Waals surface area contributed by atoms with Crippen molar-refractivity contribution in [3.05, 3.63) is 72.1 Å². The van der Waals surface area contributed by atoms with E-state index in [9.17, 15) is 0 Å². The predicted octanol–water partition coefficient (Wildman–Crippen LogP) is 3.23. The van der Waals surface area contributed by atoms with Crippen molar-refractivity contribution < 1.29 is 0 Å². The van der Waals surface area contributed by atoms with Gasteiger partial charge in [-0.1, -0.05) is 43.3 Å². The molecule has 1 unspecified atom stereocenters. The molecule has 3 heteroatoms. The zero-order valence-corrected chi connectivity index (χ0v) is 11.7. The fourth-order valence-corrected chi connectivity index (χ4v) is 2.61. The van der Waals surface area contributed by atoms with Crippen LogP contribution in [0.2, 0.25) is 0 Å². The molecule has 0 fully saturated rings. The largest absolute Gasteiger partial charge is 0.310 e. The minimum atomic E-state index is 0.294. The average Bonchev–Trinajstić information content (AvgIpc) is 2.92. The molecule has 20 heavy (non-hydrogen) atoms. The van der Waals surface area contributed by atoms with Crippen LogP contribution in [-0.4, -0.2) is 16.2 Å². The molecule has 0 spiro atoms. The van der Waals surface area contributed by atoms with Crippen molar-refractivity contribution in [2.45, 2.75) is 19.4 Å². The Balaban J connectivity index is 1.94. The van der Waals surface area contributed by atoms with Crippen LogP contribution < -0.4 is 5.32 Å². The Morgan fingerprint density at radius 1 is 1.10 bits per heavy atom. The van der Waals surface area contributed by atoms with E-state index < -0.39 is 0 Å². The van der Waals surface area contributed by atoms with Gasteiger partial charge < -0.3 is 5.32 Å². The first-order valence-electron chi connectivity index (χ1n) is 7.08. The van der Waals surface area contributed by atoms with Crippen LogP contribution in [0, 0.1) is 0 Å². The summed E-state index contributed by atoms with van der Waals surface area (Å²) in [5.74, 6) is 0. The number of nitrogens with one attached hydrogen (secondary N) is 1. The Hall–Kier alpha value is -2.13. The van der Waals surface area contributed by atoms with Gasteiger partial charge in [0.1, 0.15) is 0 Å². The molecule has 0 bridgehead atoms. The van der Waals surface area contributed by atoms with Gasteiger partial charge in [-0.25, -0.2) is 4.52 Å². The highest BCUT2D eigenvalue weighted by Gasteiger charge is 2.15. The smallest absolute Gasteiger partial charge is 0.0709 e. The van der Waals surface area contributed by atoms with Gasteiger partial charge in [-0.2, -0.15) is 5.10 Å². The standard InChI is InChI=1S/C17H19N3/c1-2-18-16(12-14-8-4-3-5-9-14)15-13-19-20-11-7-6-10-17(15)20/h3-11,13,16,18H,2,12H2,1H3. The normalized spacial score (nSPS) is 12.7. The summed E-state index contributed by atoms with van der Waals surface area (Å²) in [5, 5.41) is 8.01. The first kappa shape index (κ1) is 12.9. The van der Waals surface area contributed by atoms with E-state index in [2.05, 4.69) is 59.8 Å². The Kier molecular flexibility index (Phi) is 3.79. The predicted molar refractivity (Wildman–Crippen MR) is 81.8 cm³/mol. The molecule has 1 atom stereocenters. The van der Waals surface area contributed by atoms with E-state index in [1.165, 1.54) is 16.6 Å². The van der Waals surface area contributed by atoms with Gasteiger partial charge in [0, 0.05) is 17.8 Å². The van der Waals surface area contributed by atoms with Crippen LogP contribution in [-0.2, 0) is 6.42 Å². The molecule has 0 aliphatic rings. The second kappa shape index (κ2) is 5.88. The second-order valence-corrected chi connectivity index (χ2v) is 4.93. The Labute approximate surface area is 119 Å². The molecule has 0 saturated heterocycles. The van der Waals surface area contributed by atoms with Crippen LogP contribution >= 0.6 is 0 Å². The van der Waals surface area contributed by atoms with Crippen molar-refractivity contribution in [3.63, 3.8) is 0 Å². The molecule has 3 nitrogen and oxygen atoms in total. The van der Waals surface area contributed by atoms with Crippen molar-refractivity contribution in [1.29, 1.82) is 0 Å². The maximum absolute atomic E-state index is 4.44. The van der Waals surface area contributed by atoms with Crippen molar-refractivity contribution in [3.8, 4) is 0 Å². The average molecular weight is 265 g/mol. The van der Waals surface area contributed by atoms with Crippen LogP contribution in [0.1, 0.15) is 24.1 Å². The van der Waals surface area contributed by atoms with Gasteiger partial charge in [-0.3, -0.25) is 0 Å². The molecule has 0 radical (unpaired) electrons. The molecule has 2 aromatic heterocycles. The van der Waals surface area contributed by atoms with Gasteiger partial charge >= 0.3 is 0 Å². The Morgan fingerprint density at radius 2 is 1.90 bits per heavy atom. The number of hydrogen-bond donors (Lipinski definition) is 1. The fourth-order valence-electron chi connectivity index (χ4n) is 2.61. The highest BCUT2D eigenvalue weighted by molar-refractivity contribution is 5.55. The summed E-state index contributed by atoms with van der Waals surface area (Å²) in [4.78, 5) is 0. The fraction of sp³-hybridized carbons (Fsp3) is 0.235. The van der Waals surface area contributed by atoms with Gasteiger partial charge in [0.05, 0.1) is 11.7 Å². The van der Waals surface area contributed by atoms with Crippen molar-refractivity contribution in [2.24, 2.45) is 0 Å². The molecule has 102 valence electrons. The van der Waals surface area contributed by atoms with Crippen molar-refractivity contribution >= 4 is 5.52 Å². The SMILES string of the molecule is CCNC(Cc1ccccc1)c1cnn2ccccc12. The van der Waals surface area contributed by atoms with E-state index in [0.717, 1.165) is 13.0 Å². The van der Waals surface area contributed by atoms with E-state index >= 15 is 0 Å². The molecule has 3 rings (SSSR count). The number of benzene rings is 1. The Morgan fingerprint density at radius 3 is 2.70 bits per heavy atom. The van der Waals surface area contributed by atoms with Gasteiger partial charge in [0.25, 0.3) is 0 Å². The van der Waals surface area contributed by atoms with E-state index in [1.807, 2.05) is 23.0 Å². The Bertz CT molecular complexity index is 673. The first-order chi connectivity index (χ1) is 9.88. The summed E-state index contributed by atoms with van der Waals surface area (Å²) >= 11 is 0. The monoisotopic (exact) mass is 265 g/mol. The maximum Gasteiger partial charge on any atom is 0.0709 e. The lowest BCUT2D eigenvalue weighted by Crippen LogP contribution is -2.22. The number of aromatic nitrogens is 2. The second-order valence-electron chi connectivity index (χ2n) is 4.93. The minimum absolute atomic E-state index is 0.294. The first-order valence-corrected chi connectivity index (χ1v) is 7.08. The zero-order valence-electron chi connectivity index (χ0n) is 11.7. The number of hydrogen-bond acceptors (Lipinski definition) is 2. The van der Waals surface area contributed by atoms with E-state index in [1.54, 1.807) is 0 Å². The van der Waals surface area contributed by atoms with Crippen molar-refractivity contribution in [1.82, 2.24) is 14.9 Å². The van der Waals surface area contributed by atoms with Crippen LogP contribution in [0.3, 0.4) is 0 Å². The van der Waals surface area contributed by atoms with Gasteiger partial charge in [-0.05, 0) is 30.7 Å². The minimum Gasteiger partial charge on any atom is -0.310 e. The molecule has 1 aromatic carbocycles. The highest BCUT2D eigenvalue weighted by Crippen LogP contribution is 2.22. The van der Waals surface area contributed by atoms with E-state index in [-0.39, 0.29) is 0 Å². The van der Waals surface area contributed by atoms with Gasteiger partial charge in [0.2, 0.25) is 0 Å². The number of fused-ring (bicyclic) bond motifs is 1. The summed E-state index contributed by atoms with van der Waals surface area (Å²) in [7, 11) is 0. The summed E-state index contributed by atoms with van der Waals surface area (Å²) in [5.41, 5.74) is 3.78. The summed E-state index contributed by atoms with van der Waals surface area (Å²) in [6.07, 6.45) is 4.95. The molecular weight excluding hydrogens is 246 g/mol. The molecule has 0 saturated carbocycles. The topological polar surface area (TPSA) is 29.3 Å². The molecule has 0 amide bonds. The summed E-state index contributed by atoms with van der Waals surface area (Å²) in [6, 6.07) is 17.1. The van der Waals surface area contributed by atoms with E-state index in [4.69, 9.17) is 0 Å². The maximum atomic E-state index is 4.44. The number of nitrogens with zero attached hydrogens (tertiary/aromatic N) is 2. The van der Waals surface area contributed by atoms with Crippen molar-refractivity contribution in [2.75, 3.05) is 6.54 Å². The lowest BCUT2D eigenvalue weighted by atomic mass is 10.00. The third-order valence-electron chi connectivity index (χ3n) is 3.56. The zero-order chi connectivity index (χ0) is 13.8. The van der Waals surface area contributed by atoms with Crippen LogP contribution in [0.5, 0.6) is 0 Å². The summed E-state index contributed by atoms with van der Waals surface area (Å²) < 4.78 is 1.94. The molecule has 2 heterocycles. The van der Waals surface area contributed by atoms with Crippen LogP contribution in [0.4, 0.5) is 0 Å². The molecule has 3 aromatic rings. The lowest BCUT2D eigenvalue weighted by molar-refractivity contribution is 0.553. The van der Waals surface area contributed by atoms with Gasteiger partial charge in [0.15, 0.2) is 0 Å². The quantitative estimate of drug-likeness (QED) is 0.767. The third kappa shape index (κ3) is 2.58. The van der Waals surface area contributed by atoms with Crippen LogP contribution in [0.15, 0.2) is 60.9 Å². The molecule has 0 aliphatic heterocycles. The van der Waals surface area contributed by atoms with Crippen LogP contribution in [0.25, 0.3) is 5.52 Å². The molecule has 1 N–H and O–H groups in total. The molecule has 0 aliphatic carbocycles. The number of pyridine rings is 1. The van der Waals surface area contributed by atoms with Gasteiger partial charge in [-0.15, -0.1) is 0 Å². The van der Waals surface area contributed by atoms with E-state index in [0.29, 0.717) is 6.04 Å². The summed E-state index contributed by atoms with van der Waals surface area (Å²) in [6.45, 7) is 3.09. The molecular formula is C17H19N3. The highest BCUT2D eigenvalue weighted by atomic mass is 15.2. The lowest BCUT2D eigenvalue weighted by Gasteiger charge is -2.17. The number of rotatable bonds is 5. The number of likely N-dealkylation sites (N-methyl/N-ethyl adjacent to an activating group) is 1. The third-order valence-corrected chi connectivity index (χ3v) is 3.56.